The quantitative estimate of drug-likeness (QED) is 0.820. The molecule has 3 nitrogen and oxygen atoms in total. The number of carbonyl (C=O) groups is 1. The average molecular weight is 255 g/mol. The molecule has 1 unspecified atom stereocenters. The van der Waals surface area contributed by atoms with Crippen molar-refractivity contribution in [2.45, 2.75) is 46.1 Å². The van der Waals surface area contributed by atoms with E-state index in [1.807, 2.05) is 19.9 Å². The van der Waals surface area contributed by atoms with Crippen LogP contribution < -0.4 is 5.32 Å². The molecule has 96 valence electrons. The number of hydrogen-bond donors (Lipinski definition) is 2. The molecule has 0 saturated carbocycles. The summed E-state index contributed by atoms with van der Waals surface area (Å²) in [5, 5.41) is 11.8. The molecule has 0 aliphatic heterocycles. The number of hydrogen-bond acceptors (Lipinski definition) is 3. The van der Waals surface area contributed by atoms with E-state index in [1.54, 1.807) is 11.3 Å². The van der Waals surface area contributed by atoms with Crippen molar-refractivity contribution in [3.8, 4) is 0 Å². The molecule has 17 heavy (non-hydrogen) atoms. The van der Waals surface area contributed by atoms with Gasteiger partial charge in [-0.15, -0.1) is 11.3 Å². The SMILES string of the molecule is CCc1cc(C(=O)NC(CC)CCO)sc1C. The number of aryl methyl sites for hydroxylation is 2. The first kappa shape index (κ1) is 14.2. The number of amides is 1. The van der Waals surface area contributed by atoms with Crippen molar-refractivity contribution >= 4 is 17.2 Å². The molecule has 0 bridgehead atoms. The van der Waals surface area contributed by atoms with Crippen LogP contribution in [0.3, 0.4) is 0 Å². The molecule has 0 saturated heterocycles. The molecule has 0 spiro atoms. The van der Waals surface area contributed by atoms with Gasteiger partial charge in [0.15, 0.2) is 0 Å². The molecule has 1 heterocycles. The fourth-order valence-corrected chi connectivity index (χ4v) is 2.79. The molecule has 4 heteroatoms. The van der Waals surface area contributed by atoms with Gasteiger partial charge in [-0.05, 0) is 37.8 Å². The maximum absolute atomic E-state index is 12.0. The van der Waals surface area contributed by atoms with Crippen LogP contribution in [0, 0.1) is 6.92 Å². The lowest BCUT2D eigenvalue weighted by Gasteiger charge is -2.14. The summed E-state index contributed by atoms with van der Waals surface area (Å²) in [6.07, 6.45) is 2.42. The zero-order valence-corrected chi connectivity index (χ0v) is 11.6. The van der Waals surface area contributed by atoms with E-state index < -0.39 is 0 Å². The predicted molar refractivity (Wildman–Crippen MR) is 71.7 cm³/mol. The van der Waals surface area contributed by atoms with Gasteiger partial charge in [0.25, 0.3) is 5.91 Å². The van der Waals surface area contributed by atoms with Gasteiger partial charge < -0.3 is 10.4 Å². The largest absolute Gasteiger partial charge is 0.396 e. The van der Waals surface area contributed by atoms with Crippen molar-refractivity contribution in [2.24, 2.45) is 0 Å². The van der Waals surface area contributed by atoms with Crippen LogP contribution >= 0.6 is 11.3 Å². The Bertz CT molecular complexity index is 373. The molecule has 2 N–H and O–H groups in total. The highest BCUT2D eigenvalue weighted by molar-refractivity contribution is 7.14. The number of aliphatic hydroxyl groups is 1. The summed E-state index contributed by atoms with van der Waals surface area (Å²) in [7, 11) is 0. The maximum atomic E-state index is 12.0. The van der Waals surface area contributed by atoms with Crippen LogP contribution in [0.25, 0.3) is 0 Å². The van der Waals surface area contributed by atoms with Gasteiger partial charge in [0.05, 0.1) is 4.88 Å². The van der Waals surface area contributed by atoms with Crippen LogP contribution in [0.15, 0.2) is 6.07 Å². The van der Waals surface area contributed by atoms with Gasteiger partial charge in [-0.1, -0.05) is 13.8 Å². The zero-order valence-electron chi connectivity index (χ0n) is 10.7. The Hall–Kier alpha value is -0.870. The summed E-state index contributed by atoms with van der Waals surface area (Å²) < 4.78 is 0. The number of carbonyl (C=O) groups excluding carboxylic acids is 1. The third-order valence-corrected chi connectivity index (χ3v) is 4.02. The normalized spacial score (nSPS) is 12.5. The number of nitrogens with one attached hydrogen (secondary N) is 1. The Kier molecular flexibility index (Phi) is 5.65. The van der Waals surface area contributed by atoms with Crippen molar-refractivity contribution in [1.82, 2.24) is 5.32 Å². The monoisotopic (exact) mass is 255 g/mol. The highest BCUT2D eigenvalue weighted by atomic mass is 32.1. The molecule has 0 aromatic carbocycles. The van der Waals surface area contributed by atoms with E-state index >= 15 is 0 Å². The number of thiophene rings is 1. The van der Waals surface area contributed by atoms with Crippen molar-refractivity contribution in [3.05, 3.63) is 21.4 Å². The molecule has 1 atom stereocenters. The van der Waals surface area contributed by atoms with Gasteiger partial charge in [0, 0.05) is 17.5 Å². The van der Waals surface area contributed by atoms with Crippen LogP contribution in [0.5, 0.6) is 0 Å². The van der Waals surface area contributed by atoms with Gasteiger partial charge in [0.1, 0.15) is 0 Å². The Morgan fingerprint density at radius 3 is 2.71 bits per heavy atom. The maximum Gasteiger partial charge on any atom is 0.261 e. The molecule has 0 aliphatic rings. The Morgan fingerprint density at radius 2 is 2.24 bits per heavy atom. The van der Waals surface area contributed by atoms with E-state index in [1.165, 1.54) is 10.4 Å². The lowest BCUT2D eigenvalue weighted by atomic mass is 10.1. The summed E-state index contributed by atoms with van der Waals surface area (Å²) >= 11 is 1.54. The predicted octanol–water partition coefficient (Wildman–Crippen LogP) is 2.51. The van der Waals surface area contributed by atoms with Crippen molar-refractivity contribution in [1.29, 1.82) is 0 Å². The molecule has 0 radical (unpaired) electrons. The van der Waals surface area contributed by atoms with Gasteiger partial charge in [0.2, 0.25) is 0 Å². The fourth-order valence-electron chi connectivity index (χ4n) is 1.77. The first-order valence-corrected chi connectivity index (χ1v) is 6.95. The molecule has 0 fully saturated rings. The first-order chi connectivity index (χ1) is 8.12. The van der Waals surface area contributed by atoms with E-state index in [-0.39, 0.29) is 18.6 Å². The van der Waals surface area contributed by atoms with E-state index in [4.69, 9.17) is 5.11 Å². The van der Waals surface area contributed by atoms with Crippen molar-refractivity contribution in [2.75, 3.05) is 6.61 Å². The Balaban J connectivity index is 2.68. The molecule has 1 aromatic rings. The molecule has 1 amide bonds. The third kappa shape index (κ3) is 3.82. The summed E-state index contributed by atoms with van der Waals surface area (Å²) in [6.45, 7) is 6.27. The highest BCUT2D eigenvalue weighted by Crippen LogP contribution is 2.22. The van der Waals surface area contributed by atoms with Gasteiger partial charge >= 0.3 is 0 Å². The van der Waals surface area contributed by atoms with Crippen LogP contribution in [-0.4, -0.2) is 23.7 Å². The number of aliphatic hydroxyl groups excluding tert-OH is 1. The second kappa shape index (κ2) is 6.77. The lowest BCUT2D eigenvalue weighted by molar-refractivity contribution is 0.0933. The molecule has 1 aromatic heterocycles. The van der Waals surface area contributed by atoms with E-state index in [0.717, 1.165) is 17.7 Å². The number of rotatable bonds is 6. The summed E-state index contributed by atoms with van der Waals surface area (Å²) in [4.78, 5) is 14.0. The van der Waals surface area contributed by atoms with Gasteiger partial charge in [-0.2, -0.15) is 0 Å². The van der Waals surface area contributed by atoms with E-state index in [9.17, 15) is 4.79 Å². The minimum atomic E-state index is -0.0156. The van der Waals surface area contributed by atoms with E-state index in [0.29, 0.717) is 6.42 Å². The lowest BCUT2D eigenvalue weighted by Crippen LogP contribution is -2.34. The highest BCUT2D eigenvalue weighted by Gasteiger charge is 2.14. The van der Waals surface area contributed by atoms with Crippen LogP contribution in [0.4, 0.5) is 0 Å². The van der Waals surface area contributed by atoms with Crippen molar-refractivity contribution in [3.63, 3.8) is 0 Å². The standard InChI is InChI=1S/C13H21NO2S/c1-4-10-8-12(17-9(10)3)13(16)14-11(5-2)6-7-15/h8,11,15H,4-7H2,1-3H3,(H,14,16). The average Bonchev–Trinajstić information content (AvgIpc) is 2.70. The minimum Gasteiger partial charge on any atom is -0.396 e. The smallest absolute Gasteiger partial charge is 0.261 e. The zero-order chi connectivity index (χ0) is 12.8. The molecule has 1 rings (SSSR count). The summed E-state index contributed by atoms with van der Waals surface area (Å²) in [5.74, 6) is -0.0156. The first-order valence-electron chi connectivity index (χ1n) is 6.13. The second-order valence-corrected chi connectivity index (χ2v) is 5.39. The van der Waals surface area contributed by atoms with Gasteiger partial charge in [-0.25, -0.2) is 0 Å². The summed E-state index contributed by atoms with van der Waals surface area (Å²) in [6, 6.07) is 2.04. The summed E-state index contributed by atoms with van der Waals surface area (Å²) in [5.41, 5.74) is 1.25. The van der Waals surface area contributed by atoms with Crippen LogP contribution in [0.2, 0.25) is 0 Å². The van der Waals surface area contributed by atoms with E-state index in [2.05, 4.69) is 12.2 Å². The fraction of sp³-hybridized carbons (Fsp3) is 0.615. The molecular formula is C13H21NO2S. The Labute approximate surface area is 107 Å². The van der Waals surface area contributed by atoms with Crippen LogP contribution in [-0.2, 0) is 6.42 Å². The second-order valence-electron chi connectivity index (χ2n) is 4.14. The minimum absolute atomic E-state index is 0.0156. The van der Waals surface area contributed by atoms with Gasteiger partial charge in [-0.3, -0.25) is 4.79 Å². The molecule has 0 aliphatic carbocycles. The van der Waals surface area contributed by atoms with Crippen LogP contribution in [0.1, 0.15) is 46.8 Å². The van der Waals surface area contributed by atoms with Crippen molar-refractivity contribution < 1.29 is 9.90 Å². The third-order valence-electron chi connectivity index (χ3n) is 2.93. The Morgan fingerprint density at radius 1 is 1.53 bits per heavy atom. The topological polar surface area (TPSA) is 49.3 Å². The molecular weight excluding hydrogens is 234 g/mol.